The van der Waals surface area contributed by atoms with E-state index in [1.165, 1.54) is 94.6 Å². The molecule has 0 aliphatic heterocycles. The summed E-state index contributed by atoms with van der Waals surface area (Å²) in [5.41, 5.74) is 23.6. The maximum Gasteiger partial charge on any atom is 0.0734 e. The van der Waals surface area contributed by atoms with Crippen molar-refractivity contribution in [1.82, 2.24) is 0 Å². The molecule has 1 atom stereocenters. The van der Waals surface area contributed by atoms with Gasteiger partial charge in [-0.05, 0) is 126 Å². The molecule has 0 heterocycles. The first kappa shape index (κ1) is 41.2. The minimum atomic E-state index is -0.622. The molecule has 1 unspecified atom stereocenters. The molecule has 71 heavy (non-hydrogen) atoms. The first-order valence-electron chi connectivity index (χ1n) is 24.9. The van der Waals surface area contributed by atoms with Gasteiger partial charge in [0.1, 0.15) is 0 Å². The maximum absolute atomic E-state index is 2.57. The van der Waals surface area contributed by atoms with Gasteiger partial charge in [0.2, 0.25) is 0 Å². The van der Waals surface area contributed by atoms with Gasteiger partial charge in [-0.2, -0.15) is 0 Å². The van der Waals surface area contributed by atoms with Crippen LogP contribution in [0.25, 0.3) is 33.4 Å². The highest BCUT2D eigenvalue weighted by atomic mass is 15.1. The van der Waals surface area contributed by atoms with Crippen molar-refractivity contribution in [2.24, 2.45) is 0 Å². The molecule has 14 rings (SSSR count). The van der Waals surface area contributed by atoms with E-state index in [1.807, 2.05) is 0 Å². The van der Waals surface area contributed by atoms with E-state index in [4.69, 9.17) is 0 Å². The fraction of sp³-hybridized carbons (Fsp3) is 0.0571. The lowest BCUT2D eigenvalue weighted by atomic mass is 9.67. The number of fused-ring (bicyclic) bond motifs is 9. The summed E-state index contributed by atoms with van der Waals surface area (Å²) in [4.78, 5) is 2.57. The number of nitrogens with zero attached hydrogens (tertiary/aromatic N) is 1. The fourth-order valence-corrected chi connectivity index (χ4v) is 13.4. The average Bonchev–Trinajstić information content (AvgIpc) is 4.03. The van der Waals surface area contributed by atoms with Crippen LogP contribution in [0.5, 0.6) is 0 Å². The second kappa shape index (κ2) is 15.9. The molecule has 0 amide bonds. The van der Waals surface area contributed by atoms with Crippen LogP contribution in [-0.2, 0) is 16.2 Å². The Labute approximate surface area is 416 Å². The van der Waals surface area contributed by atoms with Crippen LogP contribution in [0.3, 0.4) is 0 Å². The van der Waals surface area contributed by atoms with Gasteiger partial charge in [0.15, 0.2) is 0 Å². The fourth-order valence-electron chi connectivity index (χ4n) is 13.4. The van der Waals surface area contributed by atoms with Crippen LogP contribution in [0.2, 0.25) is 0 Å². The zero-order valence-corrected chi connectivity index (χ0v) is 39.5. The molecule has 0 spiro atoms. The standard InChI is InChI=1S/C70H49N/c1-68(48-23-6-2-7-24-48)61-36-18-14-31-55(61)59-46-45-54(47-65(59)68)71(53-43-41-52(42-44-53)69(49-25-8-3-9-26-49)62-37-19-15-32-56(62)57-33-16-20-38-63(57)69)66-40-22-35-60-58-34-17-21-39-64(58)70(67(60)66,50-27-10-4-11-28-50)51-29-12-5-13-30-51/h2-47H,1H3. The number of hydrogen-bond donors (Lipinski definition) is 0. The Hall–Kier alpha value is -8.78. The van der Waals surface area contributed by atoms with Gasteiger partial charge in [-0.1, -0.05) is 249 Å². The van der Waals surface area contributed by atoms with Crippen molar-refractivity contribution < 1.29 is 0 Å². The minimum absolute atomic E-state index is 0.378. The van der Waals surface area contributed by atoms with Crippen molar-refractivity contribution in [3.63, 3.8) is 0 Å². The third-order valence-electron chi connectivity index (χ3n) is 16.3. The lowest BCUT2D eigenvalue weighted by Gasteiger charge is -2.38. The highest BCUT2D eigenvalue weighted by Gasteiger charge is 2.50. The normalized spacial score (nSPS) is 16.0. The molecule has 3 aliphatic rings. The van der Waals surface area contributed by atoms with E-state index in [2.05, 4.69) is 291 Å². The Morgan fingerprint density at radius 2 is 0.620 bits per heavy atom. The van der Waals surface area contributed by atoms with Gasteiger partial charge in [0, 0.05) is 22.4 Å². The van der Waals surface area contributed by atoms with Crippen molar-refractivity contribution in [1.29, 1.82) is 0 Å². The average molecular weight is 904 g/mol. The van der Waals surface area contributed by atoms with Gasteiger partial charge in [-0.3, -0.25) is 0 Å². The van der Waals surface area contributed by atoms with Crippen LogP contribution in [0.1, 0.15) is 68.1 Å². The SMILES string of the molecule is CC1(c2ccccc2)c2ccccc2-c2ccc(N(c3ccc(C4(c5ccccc5)c5ccccc5-c5ccccc54)cc3)c3cccc4c3C(c3ccccc3)(c3ccccc3)c3ccccc3-4)cc21. The summed E-state index contributed by atoms with van der Waals surface area (Å²) in [5, 5.41) is 0. The molecule has 0 aromatic heterocycles. The molecule has 0 saturated carbocycles. The quantitative estimate of drug-likeness (QED) is 0.147. The summed E-state index contributed by atoms with van der Waals surface area (Å²) in [6, 6.07) is 105. The van der Waals surface area contributed by atoms with Crippen molar-refractivity contribution in [2.75, 3.05) is 4.90 Å². The molecule has 0 N–H and O–H groups in total. The number of benzene rings is 11. The van der Waals surface area contributed by atoms with Gasteiger partial charge in [0.05, 0.1) is 16.5 Å². The molecule has 1 heteroatoms. The first-order chi connectivity index (χ1) is 35.1. The lowest BCUT2D eigenvalue weighted by molar-refractivity contribution is 0.714. The monoisotopic (exact) mass is 903 g/mol. The topological polar surface area (TPSA) is 3.24 Å². The summed E-state index contributed by atoms with van der Waals surface area (Å²) in [5.74, 6) is 0. The van der Waals surface area contributed by atoms with Gasteiger partial charge in [-0.15, -0.1) is 0 Å². The van der Waals surface area contributed by atoms with E-state index in [-0.39, 0.29) is 5.41 Å². The summed E-state index contributed by atoms with van der Waals surface area (Å²) < 4.78 is 0. The van der Waals surface area contributed by atoms with Crippen LogP contribution >= 0.6 is 0 Å². The van der Waals surface area contributed by atoms with Crippen LogP contribution in [-0.4, -0.2) is 0 Å². The molecule has 11 aromatic carbocycles. The molecule has 0 fully saturated rings. The van der Waals surface area contributed by atoms with Gasteiger partial charge >= 0.3 is 0 Å². The zero-order chi connectivity index (χ0) is 47.2. The predicted octanol–water partition coefficient (Wildman–Crippen LogP) is 17.2. The second-order valence-electron chi connectivity index (χ2n) is 19.6. The molecule has 0 saturated heterocycles. The van der Waals surface area contributed by atoms with Gasteiger partial charge in [-0.25, -0.2) is 0 Å². The molecular weight excluding hydrogens is 855 g/mol. The molecule has 1 nitrogen and oxygen atoms in total. The second-order valence-corrected chi connectivity index (χ2v) is 19.6. The highest BCUT2D eigenvalue weighted by Crippen LogP contribution is 2.62. The van der Waals surface area contributed by atoms with Crippen molar-refractivity contribution in [3.8, 4) is 33.4 Å². The van der Waals surface area contributed by atoms with Crippen molar-refractivity contribution in [2.45, 2.75) is 23.2 Å². The largest absolute Gasteiger partial charge is 0.310 e. The molecule has 3 aliphatic carbocycles. The number of hydrogen-bond acceptors (Lipinski definition) is 1. The third-order valence-corrected chi connectivity index (χ3v) is 16.3. The molecule has 11 aromatic rings. The smallest absolute Gasteiger partial charge is 0.0734 e. The molecule has 0 bridgehead atoms. The van der Waals surface area contributed by atoms with Crippen LogP contribution in [0, 0.1) is 0 Å². The lowest BCUT2D eigenvalue weighted by Crippen LogP contribution is -2.30. The molecule has 334 valence electrons. The van der Waals surface area contributed by atoms with Gasteiger partial charge < -0.3 is 4.90 Å². The van der Waals surface area contributed by atoms with Gasteiger partial charge in [0.25, 0.3) is 0 Å². The molecular formula is C70H49N. The Balaban J connectivity index is 1.06. The first-order valence-corrected chi connectivity index (χ1v) is 24.9. The van der Waals surface area contributed by atoms with E-state index in [0.29, 0.717) is 0 Å². The highest BCUT2D eigenvalue weighted by molar-refractivity contribution is 5.96. The molecule has 0 radical (unpaired) electrons. The van der Waals surface area contributed by atoms with E-state index in [1.54, 1.807) is 0 Å². The summed E-state index contributed by atoms with van der Waals surface area (Å²) in [6.07, 6.45) is 0. The van der Waals surface area contributed by atoms with Crippen LogP contribution in [0.4, 0.5) is 17.1 Å². The third kappa shape index (κ3) is 5.69. The summed E-state index contributed by atoms with van der Waals surface area (Å²) in [7, 11) is 0. The minimum Gasteiger partial charge on any atom is -0.310 e. The van der Waals surface area contributed by atoms with E-state index < -0.39 is 10.8 Å². The summed E-state index contributed by atoms with van der Waals surface area (Å²) >= 11 is 0. The maximum atomic E-state index is 2.57. The predicted molar refractivity (Wildman–Crippen MR) is 293 cm³/mol. The van der Waals surface area contributed by atoms with E-state index in [9.17, 15) is 0 Å². The number of rotatable bonds is 8. The Morgan fingerprint density at radius 3 is 1.15 bits per heavy atom. The number of anilines is 3. The zero-order valence-electron chi connectivity index (χ0n) is 39.5. The Morgan fingerprint density at radius 1 is 0.254 bits per heavy atom. The van der Waals surface area contributed by atoms with Crippen molar-refractivity contribution >= 4 is 17.1 Å². The summed E-state index contributed by atoms with van der Waals surface area (Å²) in [6.45, 7) is 2.42. The Kier molecular flexibility index (Phi) is 9.22. The Bertz CT molecular complexity index is 3730. The van der Waals surface area contributed by atoms with Crippen LogP contribution in [0.15, 0.2) is 279 Å². The van der Waals surface area contributed by atoms with E-state index in [0.717, 1.165) is 17.1 Å². The van der Waals surface area contributed by atoms with Crippen LogP contribution < -0.4 is 4.90 Å². The van der Waals surface area contributed by atoms with Crippen molar-refractivity contribution in [3.05, 3.63) is 340 Å². The van der Waals surface area contributed by atoms with E-state index >= 15 is 0 Å².